The average Bonchev–Trinajstić information content (AvgIpc) is 2.94. The Labute approximate surface area is 106 Å². The van der Waals surface area contributed by atoms with Gasteiger partial charge in [-0.15, -0.1) is 10.2 Å². The minimum atomic E-state index is -0.884. The third-order valence-corrected chi connectivity index (χ3v) is 3.14. The minimum absolute atomic E-state index is 0.0413. The molecule has 9 heteroatoms. The van der Waals surface area contributed by atoms with E-state index < -0.39 is 5.97 Å². The van der Waals surface area contributed by atoms with Crippen molar-refractivity contribution in [3.05, 3.63) is 18.0 Å². The van der Waals surface area contributed by atoms with Crippen molar-refractivity contribution >= 4 is 17.7 Å². The van der Waals surface area contributed by atoms with Gasteiger partial charge >= 0.3 is 5.97 Å². The zero-order chi connectivity index (χ0) is 13.0. The molecule has 0 bridgehead atoms. The van der Waals surface area contributed by atoms with E-state index >= 15 is 0 Å². The number of carbonyl (C=O) groups is 1. The molecule has 1 N–H and O–H groups in total. The first-order valence-electron chi connectivity index (χ1n) is 5.16. The molecule has 2 aromatic heterocycles. The van der Waals surface area contributed by atoms with Crippen molar-refractivity contribution in [2.45, 2.75) is 25.0 Å². The maximum Gasteiger partial charge on any atom is 0.313 e. The number of hydrogen-bond acceptors (Lipinski definition) is 7. The largest absolute Gasteiger partial charge is 0.481 e. The number of hydrogen-bond donors (Lipinski definition) is 1. The number of aliphatic carboxylic acids is 1. The molecular formula is C9H11N5O3S. The predicted octanol–water partition coefficient (Wildman–Crippen LogP) is 0.389. The Morgan fingerprint density at radius 1 is 1.56 bits per heavy atom. The number of aromatic nitrogens is 5. The summed E-state index contributed by atoms with van der Waals surface area (Å²) in [5.74, 6) is 0.398. The van der Waals surface area contributed by atoms with Gasteiger partial charge in [0.1, 0.15) is 5.82 Å². The minimum Gasteiger partial charge on any atom is -0.481 e. The van der Waals surface area contributed by atoms with Crippen LogP contribution < -0.4 is 0 Å². The fraction of sp³-hybridized carbons (Fsp3) is 0.444. The predicted molar refractivity (Wildman–Crippen MR) is 61.1 cm³/mol. The van der Waals surface area contributed by atoms with Gasteiger partial charge < -0.3 is 14.2 Å². The fourth-order valence-corrected chi connectivity index (χ4v) is 2.10. The highest BCUT2D eigenvalue weighted by atomic mass is 32.2. The van der Waals surface area contributed by atoms with Crippen molar-refractivity contribution in [3.8, 4) is 0 Å². The van der Waals surface area contributed by atoms with Crippen molar-refractivity contribution in [3.63, 3.8) is 0 Å². The molecule has 0 amide bonds. The molecule has 0 saturated heterocycles. The van der Waals surface area contributed by atoms with Crippen LogP contribution in [-0.4, -0.2) is 41.7 Å². The molecule has 0 aliphatic heterocycles. The van der Waals surface area contributed by atoms with Crippen LogP contribution in [0.15, 0.2) is 16.1 Å². The summed E-state index contributed by atoms with van der Waals surface area (Å²) in [6.45, 7) is 2.40. The molecule has 18 heavy (non-hydrogen) atoms. The molecular weight excluding hydrogens is 258 g/mol. The quantitative estimate of drug-likeness (QED) is 0.750. The molecule has 0 spiro atoms. The average molecular weight is 269 g/mol. The van der Waals surface area contributed by atoms with Crippen LogP contribution in [0.2, 0.25) is 0 Å². The summed E-state index contributed by atoms with van der Waals surface area (Å²) in [4.78, 5) is 14.4. The second kappa shape index (κ2) is 5.63. The third-order valence-electron chi connectivity index (χ3n) is 2.19. The van der Waals surface area contributed by atoms with Gasteiger partial charge in [-0.1, -0.05) is 16.9 Å². The lowest BCUT2D eigenvalue weighted by Gasteiger charge is -2.05. The first-order valence-corrected chi connectivity index (χ1v) is 6.15. The van der Waals surface area contributed by atoms with E-state index in [1.54, 1.807) is 0 Å². The summed E-state index contributed by atoms with van der Waals surface area (Å²) >= 11 is 1.14. The standard InChI is InChI=1S/C9H11N5O3S/c1-6-11-12-9(18-4-8(15)16)14(6)3-2-7-10-5-17-13-7/h5H,2-4H2,1H3,(H,15,16). The Hall–Kier alpha value is -1.90. The molecule has 8 nitrogen and oxygen atoms in total. The molecule has 0 aromatic carbocycles. The van der Waals surface area contributed by atoms with Gasteiger partial charge in [-0.3, -0.25) is 4.79 Å². The number of thioether (sulfide) groups is 1. The van der Waals surface area contributed by atoms with Crippen molar-refractivity contribution in [2.24, 2.45) is 0 Å². The highest BCUT2D eigenvalue weighted by Gasteiger charge is 2.11. The second-order valence-electron chi connectivity index (χ2n) is 3.46. The van der Waals surface area contributed by atoms with Crippen molar-refractivity contribution in [2.75, 3.05) is 5.75 Å². The topological polar surface area (TPSA) is 107 Å². The SMILES string of the molecule is Cc1nnc(SCC(=O)O)n1CCc1ncon1. The van der Waals surface area contributed by atoms with Gasteiger partial charge in [-0.25, -0.2) is 0 Å². The number of carboxylic acids is 1. The summed E-state index contributed by atoms with van der Waals surface area (Å²) < 4.78 is 6.48. The maximum absolute atomic E-state index is 10.5. The third kappa shape index (κ3) is 3.06. The molecule has 0 fully saturated rings. The van der Waals surface area contributed by atoms with Crippen LogP contribution >= 0.6 is 11.8 Å². The van der Waals surface area contributed by atoms with Crippen LogP contribution in [0.4, 0.5) is 0 Å². The van der Waals surface area contributed by atoms with Crippen LogP contribution in [0.25, 0.3) is 0 Å². The van der Waals surface area contributed by atoms with Gasteiger partial charge in [0.15, 0.2) is 11.0 Å². The Balaban J connectivity index is 2.02. The van der Waals surface area contributed by atoms with Crippen LogP contribution in [-0.2, 0) is 17.8 Å². The fourth-order valence-electron chi connectivity index (χ4n) is 1.37. The summed E-state index contributed by atoms with van der Waals surface area (Å²) in [5.41, 5.74) is 0. The zero-order valence-corrected chi connectivity index (χ0v) is 10.4. The summed E-state index contributed by atoms with van der Waals surface area (Å²) in [7, 11) is 0. The van der Waals surface area contributed by atoms with Crippen molar-refractivity contribution in [1.29, 1.82) is 0 Å². The van der Waals surface area contributed by atoms with E-state index in [2.05, 4.69) is 24.9 Å². The molecule has 96 valence electrons. The monoisotopic (exact) mass is 269 g/mol. The number of nitrogens with zero attached hydrogens (tertiary/aromatic N) is 5. The van der Waals surface area contributed by atoms with Crippen molar-refractivity contribution in [1.82, 2.24) is 24.9 Å². The molecule has 0 saturated carbocycles. The maximum atomic E-state index is 10.5. The van der Waals surface area contributed by atoms with E-state index in [0.29, 0.717) is 23.9 Å². The lowest BCUT2D eigenvalue weighted by molar-refractivity contribution is -0.133. The van der Waals surface area contributed by atoms with Gasteiger partial charge in [0, 0.05) is 13.0 Å². The van der Waals surface area contributed by atoms with Gasteiger partial charge in [-0.05, 0) is 6.92 Å². The lowest BCUT2D eigenvalue weighted by atomic mass is 10.4. The van der Waals surface area contributed by atoms with Crippen LogP contribution in [0.5, 0.6) is 0 Å². The van der Waals surface area contributed by atoms with E-state index in [0.717, 1.165) is 17.6 Å². The summed E-state index contributed by atoms with van der Waals surface area (Å²) in [5, 5.41) is 20.8. The highest BCUT2D eigenvalue weighted by Crippen LogP contribution is 2.16. The lowest BCUT2D eigenvalue weighted by Crippen LogP contribution is -2.07. The Morgan fingerprint density at radius 3 is 3.06 bits per heavy atom. The summed E-state index contributed by atoms with van der Waals surface area (Å²) in [6, 6.07) is 0. The molecule has 0 radical (unpaired) electrons. The van der Waals surface area contributed by atoms with Gasteiger partial charge in [0.2, 0.25) is 6.39 Å². The molecule has 0 aliphatic rings. The smallest absolute Gasteiger partial charge is 0.313 e. The number of carboxylic acid groups (broad SMARTS) is 1. The molecule has 2 rings (SSSR count). The number of aryl methyl sites for hydroxylation is 2. The first kappa shape index (κ1) is 12.6. The van der Waals surface area contributed by atoms with Crippen LogP contribution in [0, 0.1) is 6.92 Å². The van der Waals surface area contributed by atoms with E-state index in [1.807, 2.05) is 11.5 Å². The number of rotatable bonds is 6. The van der Waals surface area contributed by atoms with Gasteiger partial charge in [0.25, 0.3) is 0 Å². The highest BCUT2D eigenvalue weighted by molar-refractivity contribution is 7.99. The van der Waals surface area contributed by atoms with E-state index in [4.69, 9.17) is 5.11 Å². The van der Waals surface area contributed by atoms with Gasteiger partial charge in [-0.2, -0.15) is 4.98 Å². The second-order valence-corrected chi connectivity index (χ2v) is 4.40. The first-order chi connectivity index (χ1) is 8.66. The Bertz CT molecular complexity index is 524. The van der Waals surface area contributed by atoms with Crippen LogP contribution in [0.1, 0.15) is 11.6 Å². The van der Waals surface area contributed by atoms with E-state index in [9.17, 15) is 4.79 Å². The Morgan fingerprint density at radius 2 is 2.39 bits per heavy atom. The Kier molecular flexibility index (Phi) is 3.92. The molecule has 2 heterocycles. The molecule has 0 unspecified atom stereocenters. The van der Waals surface area contributed by atoms with E-state index in [-0.39, 0.29) is 5.75 Å². The van der Waals surface area contributed by atoms with Crippen LogP contribution in [0.3, 0.4) is 0 Å². The van der Waals surface area contributed by atoms with Crippen molar-refractivity contribution < 1.29 is 14.4 Å². The molecule has 0 aliphatic carbocycles. The van der Waals surface area contributed by atoms with Gasteiger partial charge in [0.05, 0.1) is 5.75 Å². The zero-order valence-electron chi connectivity index (χ0n) is 9.61. The summed E-state index contributed by atoms with van der Waals surface area (Å²) in [6.07, 6.45) is 1.85. The van der Waals surface area contributed by atoms with E-state index in [1.165, 1.54) is 6.39 Å². The molecule has 0 atom stereocenters. The normalized spacial score (nSPS) is 10.7. The molecule has 2 aromatic rings.